The van der Waals surface area contributed by atoms with Crippen molar-refractivity contribution in [2.75, 3.05) is 0 Å². The van der Waals surface area contributed by atoms with Gasteiger partial charge in [-0.25, -0.2) is 0 Å². The molecule has 0 spiro atoms. The molecule has 5 heteroatoms. The van der Waals surface area contributed by atoms with Gasteiger partial charge in [0.2, 0.25) is 0 Å². The smallest absolute Gasteiger partial charge is 0.308 e. The summed E-state index contributed by atoms with van der Waals surface area (Å²) >= 11 is 1.52. The van der Waals surface area contributed by atoms with Crippen molar-refractivity contribution in [3.05, 3.63) is 57.3 Å². The molecule has 0 fully saturated rings. The van der Waals surface area contributed by atoms with E-state index in [4.69, 9.17) is 10.4 Å². The molecule has 102 valence electrons. The number of hydrogen-bond donors (Lipinski definition) is 2. The number of hydrogen-bond acceptors (Lipinski definition) is 4. The molecule has 0 saturated carbocycles. The first-order valence-corrected chi connectivity index (χ1v) is 6.98. The number of nitrogens with one attached hydrogen (secondary N) is 1. The molecule has 0 aliphatic heterocycles. The van der Waals surface area contributed by atoms with Crippen LogP contribution in [0.3, 0.4) is 0 Å². The van der Waals surface area contributed by atoms with Crippen molar-refractivity contribution in [3.8, 4) is 6.07 Å². The predicted molar refractivity (Wildman–Crippen MR) is 77.4 cm³/mol. The van der Waals surface area contributed by atoms with E-state index in [-0.39, 0.29) is 6.42 Å². The standard InChI is InChI=1S/C15H14N2O2S/c16-8-11-1-3-12(4-2-11)9-17-10-14-6-5-13(20-14)7-15(18)19/h1-6,17H,7,9-10H2,(H,18,19). The summed E-state index contributed by atoms with van der Waals surface area (Å²) in [4.78, 5) is 12.6. The van der Waals surface area contributed by atoms with Gasteiger partial charge in [-0.15, -0.1) is 11.3 Å². The van der Waals surface area contributed by atoms with Gasteiger partial charge in [-0.3, -0.25) is 4.79 Å². The summed E-state index contributed by atoms with van der Waals surface area (Å²) in [5.41, 5.74) is 1.77. The number of nitriles is 1. The molecule has 0 unspecified atom stereocenters. The molecule has 0 radical (unpaired) electrons. The zero-order chi connectivity index (χ0) is 14.4. The highest BCUT2D eigenvalue weighted by Crippen LogP contribution is 2.17. The monoisotopic (exact) mass is 286 g/mol. The van der Waals surface area contributed by atoms with E-state index in [1.165, 1.54) is 11.3 Å². The Kier molecular flexibility index (Phi) is 4.88. The average molecular weight is 286 g/mol. The molecule has 1 aromatic carbocycles. The summed E-state index contributed by atoms with van der Waals surface area (Å²) < 4.78 is 0. The highest BCUT2D eigenvalue weighted by molar-refractivity contribution is 7.12. The lowest BCUT2D eigenvalue weighted by Gasteiger charge is -2.03. The minimum atomic E-state index is -0.802. The largest absolute Gasteiger partial charge is 0.481 e. The van der Waals surface area contributed by atoms with Crippen molar-refractivity contribution < 1.29 is 9.90 Å². The average Bonchev–Trinajstić information content (AvgIpc) is 2.86. The van der Waals surface area contributed by atoms with E-state index in [9.17, 15) is 4.79 Å². The van der Waals surface area contributed by atoms with E-state index in [1.807, 2.05) is 24.3 Å². The highest BCUT2D eigenvalue weighted by atomic mass is 32.1. The van der Waals surface area contributed by atoms with Crippen LogP contribution in [-0.2, 0) is 24.3 Å². The molecule has 2 aromatic rings. The van der Waals surface area contributed by atoms with Gasteiger partial charge in [0.15, 0.2) is 0 Å². The van der Waals surface area contributed by atoms with Gasteiger partial charge in [0.05, 0.1) is 18.1 Å². The van der Waals surface area contributed by atoms with Gasteiger partial charge < -0.3 is 10.4 Å². The van der Waals surface area contributed by atoms with E-state index >= 15 is 0 Å². The number of carboxylic acid groups (broad SMARTS) is 1. The lowest BCUT2D eigenvalue weighted by atomic mass is 10.1. The molecule has 0 saturated heterocycles. The van der Waals surface area contributed by atoms with Crippen molar-refractivity contribution in [1.29, 1.82) is 5.26 Å². The SMILES string of the molecule is N#Cc1ccc(CNCc2ccc(CC(=O)O)s2)cc1. The van der Waals surface area contributed by atoms with Crippen LogP contribution in [0, 0.1) is 11.3 Å². The van der Waals surface area contributed by atoms with E-state index in [0.29, 0.717) is 12.1 Å². The van der Waals surface area contributed by atoms with Crippen LogP contribution < -0.4 is 5.32 Å². The van der Waals surface area contributed by atoms with Crippen LogP contribution in [0.5, 0.6) is 0 Å². The third kappa shape index (κ3) is 4.19. The predicted octanol–water partition coefficient (Wildman–Crippen LogP) is 2.54. The molecule has 0 bridgehead atoms. The van der Waals surface area contributed by atoms with E-state index in [1.54, 1.807) is 12.1 Å². The lowest BCUT2D eigenvalue weighted by molar-refractivity contribution is -0.136. The first-order chi connectivity index (χ1) is 9.67. The number of aliphatic carboxylic acids is 1. The third-order valence-corrected chi connectivity index (χ3v) is 3.84. The second kappa shape index (κ2) is 6.85. The minimum Gasteiger partial charge on any atom is -0.481 e. The number of carboxylic acids is 1. The van der Waals surface area contributed by atoms with Crippen LogP contribution >= 0.6 is 11.3 Å². The first-order valence-electron chi connectivity index (χ1n) is 6.16. The minimum absolute atomic E-state index is 0.0836. The normalized spacial score (nSPS) is 10.2. The molecule has 1 heterocycles. The zero-order valence-electron chi connectivity index (χ0n) is 10.8. The second-order valence-corrected chi connectivity index (χ2v) is 5.60. The van der Waals surface area contributed by atoms with Crippen molar-refractivity contribution in [2.24, 2.45) is 0 Å². The van der Waals surface area contributed by atoms with Crippen LogP contribution in [0.2, 0.25) is 0 Å². The quantitative estimate of drug-likeness (QED) is 0.856. The fourth-order valence-corrected chi connectivity index (χ4v) is 2.77. The lowest BCUT2D eigenvalue weighted by Crippen LogP contribution is -2.11. The van der Waals surface area contributed by atoms with Crippen molar-refractivity contribution in [3.63, 3.8) is 0 Å². The summed E-state index contributed by atoms with van der Waals surface area (Å²) in [6.07, 6.45) is 0.0836. The van der Waals surface area contributed by atoms with Gasteiger partial charge in [-0.1, -0.05) is 12.1 Å². The van der Waals surface area contributed by atoms with Crippen LogP contribution in [0.15, 0.2) is 36.4 Å². The summed E-state index contributed by atoms with van der Waals surface area (Å²) in [6.45, 7) is 1.43. The van der Waals surface area contributed by atoms with Gasteiger partial charge in [0.25, 0.3) is 0 Å². The van der Waals surface area contributed by atoms with Crippen LogP contribution in [-0.4, -0.2) is 11.1 Å². The Morgan fingerprint density at radius 1 is 1.15 bits per heavy atom. The maximum absolute atomic E-state index is 10.6. The van der Waals surface area contributed by atoms with Crippen molar-refractivity contribution in [2.45, 2.75) is 19.5 Å². The summed E-state index contributed by atoms with van der Waals surface area (Å²) in [7, 11) is 0. The number of thiophene rings is 1. The van der Waals surface area contributed by atoms with E-state index in [2.05, 4.69) is 11.4 Å². The second-order valence-electron chi connectivity index (χ2n) is 4.35. The number of carbonyl (C=O) groups is 1. The van der Waals surface area contributed by atoms with Crippen LogP contribution in [0.25, 0.3) is 0 Å². The summed E-state index contributed by atoms with van der Waals surface area (Å²) in [6, 6.07) is 13.3. The highest BCUT2D eigenvalue weighted by Gasteiger charge is 2.04. The number of benzene rings is 1. The number of nitrogens with zero attached hydrogens (tertiary/aromatic N) is 1. The molecule has 4 nitrogen and oxygen atoms in total. The van der Waals surface area contributed by atoms with Gasteiger partial charge in [0.1, 0.15) is 0 Å². The first kappa shape index (κ1) is 14.3. The summed E-state index contributed by atoms with van der Waals surface area (Å²) in [5, 5.41) is 20.7. The van der Waals surface area contributed by atoms with Crippen molar-refractivity contribution in [1.82, 2.24) is 5.32 Å². The molecular formula is C15H14N2O2S. The Hall–Kier alpha value is -2.16. The van der Waals surface area contributed by atoms with Gasteiger partial charge in [-0.05, 0) is 29.8 Å². The molecule has 2 rings (SSSR count). The van der Waals surface area contributed by atoms with Gasteiger partial charge in [0, 0.05) is 22.8 Å². The maximum Gasteiger partial charge on any atom is 0.308 e. The van der Waals surface area contributed by atoms with E-state index in [0.717, 1.165) is 21.9 Å². The Bertz CT molecular complexity index is 626. The third-order valence-electron chi connectivity index (χ3n) is 2.75. The molecule has 20 heavy (non-hydrogen) atoms. The number of rotatable bonds is 6. The molecular weight excluding hydrogens is 272 g/mol. The molecule has 0 aliphatic rings. The van der Waals surface area contributed by atoms with Crippen LogP contribution in [0.4, 0.5) is 0 Å². The Balaban J connectivity index is 1.81. The Morgan fingerprint density at radius 2 is 1.85 bits per heavy atom. The Labute approximate surface area is 121 Å². The molecule has 1 aromatic heterocycles. The van der Waals surface area contributed by atoms with Gasteiger partial charge >= 0.3 is 5.97 Å². The van der Waals surface area contributed by atoms with Crippen molar-refractivity contribution >= 4 is 17.3 Å². The topological polar surface area (TPSA) is 73.1 Å². The van der Waals surface area contributed by atoms with Gasteiger partial charge in [-0.2, -0.15) is 5.26 Å². The van der Waals surface area contributed by atoms with Crippen LogP contribution in [0.1, 0.15) is 20.9 Å². The van der Waals surface area contributed by atoms with E-state index < -0.39 is 5.97 Å². The molecule has 0 atom stereocenters. The fraction of sp³-hybridized carbons (Fsp3) is 0.200. The molecule has 2 N–H and O–H groups in total. The molecule has 0 amide bonds. The molecule has 0 aliphatic carbocycles. The Morgan fingerprint density at radius 3 is 2.50 bits per heavy atom. The summed E-state index contributed by atoms with van der Waals surface area (Å²) in [5.74, 6) is -0.802. The fourth-order valence-electron chi connectivity index (χ4n) is 1.79. The maximum atomic E-state index is 10.6. The zero-order valence-corrected chi connectivity index (χ0v) is 11.6.